The maximum Gasteiger partial charge on any atom is 0.419 e. The molecule has 1 heterocycles. The molecule has 0 bridgehead atoms. The van der Waals surface area contributed by atoms with Crippen LogP contribution in [0.2, 0.25) is 0 Å². The number of para-hydroxylation sites is 1. The van der Waals surface area contributed by atoms with Crippen molar-refractivity contribution in [2.24, 2.45) is 5.73 Å². The third kappa shape index (κ3) is 5.08. The number of fused-ring (bicyclic) bond motifs is 1. The van der Waals surface area contributed by atoms with Crippen molar-refractivity contribution in [1.82, 2.24) is 4.57 Å². The van der Waals surface area contributed by atoms with Gasteiger partial charge in [0.05, 0.1) is 11.6 Å². The Kier molecular flexibility index (Phi) is 7.42. The molecular formula is C35H34N2O3. The van der Waals surface area contributed by atoms with Crippen LogP contribution in [0.15, 0.2) is 121 Å². The Labute approximate surface area is 235 Å². The Balaban J connectivity index is 1.62. The fraction of sp³-hybridized carbons (Fsp3) is 0.200. The molecule has 0 aliphatic carbocycles. The quantitative estimate of drug-likeness (QED) is 0.232. The van der Waals surface area contributed by atoms with Gasteiger partial charge in [-0.2, -0.15) is 0 Å². The number of aromatic nitrogens is 1. The molecule has 0 saturated carbocycles. The molecule has 0 spiro atoms. The summed E-state index contributed by atoms with van der Waals surface area (Å²) in [6.45, 7) is 5.51. The first kappa shape index (κ1) is 27.1. The standard InChI is InChI=1S/C35H34N2O3/c1-34(2,3)40-33(39)37-24-25(29-21-13-14-22-31(29)37)23-30(36)32(38)35(26-15-7-4-8-16-26,27-17-9-5-10-18-27)28-19-11-6-12-20-28/h4-22,24,30H,23,36H2,1-3H3/t30-/m0/s1. The van der Waals surface area contributed by atoms with Crippen LogP contribution in [0, 0.1) is 0 Å². The molecule has 5 nitrogen and oxygen atoms in total. The molecule has 1 atom stereocenters. The zero-order valence-electron chi connectivity index (χ0n) is 23.1. The van der Waals surface area contributed by atoms with Crippen molar-refractivity contribution in [3.63, 3.8) is 0 Å². The molecule has 2 N–H and O–H groups in total. The summed E-state index contributed by atoms with van der Waals surface area (Å²) in [5.41, 5.74) is 9.17. The van der Waals surface area contributed by atoms with Crippen LogP contribution < -0.4 is 5.73 Å². The van der Waals surface area contributed by atoms with Gasteiger partial charge >= 0.3 is 6.09 Å². The van der Waals surface area contributed by atoms with E-state index in [1.165, 1.54) is 4.57 Å². The molecule has 0 unspecified atom stereocenters. The second-order valence-corrected chi connectivity index (χ2v) is 11.0. The fourth-order valence-electron chi connectivity index (χ4n) is 5.47. The summed E-state index contributed by atoms with van der Waals surface area (Å²) in [5.74, 6) is -0.120. The smallest absolute Gasteiger partial charge is 0.419 e. The predicted octanol–water partition coefficient (Wildman–Crippen LogP) is 6.90. The number of benzene rings is 4. The maximum atomic E-state index is 14.8. The van der Waals surface area contributed by atoms with Gasteiger partial charge in [0.15, 0.2) is 5.78 Å². The second-order valence-electron chi connectivity index (χ2n) is 11.0. The van der Waals surface area contributed by atoms with E-state index in [0.29, 0.717) is 5.52 Å². The minimum absolute atomic E-state index is 0.120. The van der Waals surface area contributed by atoms with Crippen molar-refractivity contribution in [3.05, 3.63) is 144 Å². The predicted molar refractivity (Wildman–Crippen MR) is 159 cm³/mol. The Hall–Kier alpha value is -4.48. The van der Waals surface area contributed by atoms with E-state index in [1.807, 2.05) is 136 Å². The Morgan fingerprint density at radius 3 is 1.65 bits per heavy atom. The number of nitrogens with zero attached hydrogens (tertiary/aromatic N) is 1. The fourth-order valence-corrected chi connectivity index (χ4v) is 5.47. The van der Waals surface area contributed by atoms with E-state index in [2.05, 4.69) is 0 Å². The van der Waals surface area contributed by atoms with Gasteiger partial charge in [-0.25, -0.2) is 4.79 Å². The van der Waals surface area contributed by atoms with Crippen LogP contribution in [0.3, 0.4) is 0 Å². The Morgan fingerprint density at radius 1 is 0.725 bits per heavy atom. The third-order valence-electron chi connectivity index (χ3n) is 7.15. The minimum Gasteiger partial charge on any atom is -0.443 e. The molecule has 0 aliphatic rings. The number of Topliss-reactive ketones (excluding diaryl/α,β-unsaturated/α-hetero) is 1. The van der Waals surface area contributed by atoms with Gasteiger partial charge in [-0.1, -0.05) is 109 Å². The van der Waals surface area contributed by atoms with Crippen LogP contribution >= 0.6 is 0 Å². The van der Waals surface area contributed by atoms with E-state index >= 15 is 0 Å². The van der Waals surface area contributed by atoms with Crippen LogP contribution in [0.25, 0.3) is 10.9 Å². The lowest BCUT2D eigenvalue weighted by Crippen LogP contribution is -2.49. The Morgan fingerprint density at radius 2 is 1.18 bits per heavy atom. The molecule has 5 aromatic rings. The number of ketones is 1. The molecule has 0 amide bonds. The molecule has 0 fully saturated rings. The second kappa shape index (κ2) is 10.9. The Bertz CT molecular complexity index is 1520. The number of carbonyl (C=O) groups excluding carboxylic acids is 2. The lowest BCUT2D eigenvalue weighted by atomic mass is 9.64. The van der Waals surface area contributed by atoms with Gasteiger partial charge in [0, 0.05) is 11.6 Å². The highest BCUT2D eigenvalue weighted by atomic mass is 16.6. The highest BCUT2D eigenvalue weighted by Crippen LogP contribution is 2.41. The number of rotatable bonds is 7. The molecule has 0 saturated heterocycles. The average molecular weight is 531 g/mol. The SMILES string of the molecule is CC(C)(C)OC(=O)n1cc(C[C@H](N)C(=O)C(c2ccccc2)(c2ccccc2)c2ccccc2)c2ccccc21. The van der Waals surface area contributed by atoms with Crippen LogP contribution in [0.4, 0.5) is 4.79 Å². The van der Waals surface area contributed by atoms with Gasteiger partial charge in [0.25, 0.3) is 0 Å². The first-order valence-corrected chi connectivity index (χ1v) is 13.5. The van der Waals surface area contributed by atoms with Gasteiger partial charge in [0.2, 0.25) is 0 Å². The lowest BCUT2D eigenvalue weighted by molar-refractivity contribution is -0.123. The zero-order chi connectivity index (χ0) is 28.3. The number of ether oxygens (including phenoxy) is 1. The van der Waals surface area contributed by atoms with E-state index in [9.17, 15) is 9.59 Å². The molecule has 0 radical (unpaired) electrons. The molecule has 40 heavy (non-hydrogen) atoms. The van der Waals surface area contributed by atoms with Crippen molar-refractivity contribution in [2.75, 3.05) is 0 Å². The highest BCUT2D eigenvalue weighted by molar-refractivity contribution is 6.02. The largest absolute Gasteiger partial charge is 0.443 e. The van der Waals surface area contributed by atoms with Crippen LogP contribution in [-0.2, 0) is 21.4 Å². The molecule has 5 heteroatoms. The van der Waals surface area contributed by atoms with E-state index in [1.54, 1.807) is 6.20 Å². The monoisotopic (exact) mass is 530 g/mol. The topological polar surface area (TPSA) is 74.3 Å². The summed E-state index contributed by atoms with van der Waals surface area (Å²) in [5, 5.41) is 0.862. The van der Waals surface area contributed by atoms with Crippen LogP contribution in [0.5, 0.6) is 0 Å². The van der Waals surface area contributed by atoms with Crippen LogP contribution in [0.1, 0.15) is 43.0 Å². The summed E-state index contributed by atoms with van der Waals surface area (Å²) in [6, 6.07) is 36.2. The summed E-state index contributed by atoms with van der Waals surface area (Å²) in [4.78, 5) is 27.9. The third-order valence-corrected chi connectivity index (χ3v) is 7.15. The van der Waals surface area contributed by atoms with Crippen molar-refractivity contribution in [3.8, 4) is 0 Å². The summed E-state index contributed by atoms with van der Waals surface area (Å²) in [7, 11) is 0. The van der Waals surface area contributed by atoms with Gasteiger partial charge < -0.3 is 10.5 Å². The number of hydrogen-bond acceptors (Lipinski definition) is 4. The van der Waals surface area contributed by atoms with Crippen LogP contribution in [-0.4, -0.2) is 28.1 Å². The van der Waals surface area contributed by atoms with Gasteiger partial charge in [-0.3, -0.25) is 9.36 Å². The number of hydrogen-bond donors (Lipinski definition) is 1. The zero-order valence-corrected chi connectivity index (χ0v) is 23.1. The maximum absolute atomic E-state index is 14.8. The van der Waals surface area contributed by atoms with E-state index in [0.717, 1.165) is 27.6 Å². The van der Waals surface area contributed by atoms with Gasteiger partial charge in [0.1, 0.15) is 11.0 Å². The number of nitrogens with two attached hydrogens (primary N) is 1. The lowest BCUT2D eigenvalue weighted by Gasteiger charge is -2.36. The molecule has 202 valence electrons. The number of carbonyl (C=O) groups is 2. The molecule has 4 aromatic carbocycles. The first-order valence-electron chi connectivity index (χ1n) is 13.5. The summed E-state index contributed by atoms with van der Waals surface area (Å²) in [6.07, 6.45) is 1.53. The van der Waals surface area contributed by atoms with Crippen molar-refractivity contribution >= 4 is 22.8 Å². The van der Waals surface area contributed by atoms with E-state index in [4.69, 9.17) is 10.5 Å². The van der Waals surface area contributed by atoms with Crippen molar-refractivity contribution in [1.29, 1.82) is 0 Å². The van der Waals surface area contributed by atoms with E-state index < -0.39 is 23.2 Å². The normalized spacial score (nSPS) is 12.7. The van der Waals surface area contributed by atoms with Crippen molar-refractivity contribution < 1.29 is 14.3 Å². The van der Waals surface area contributed by atoms with Gasteiger partial charge in [-0.05, 0) is 55.5 Å². The molecule has 0 aliphatic heterocycles. The molecule has 1 aromatic heterocycles. The minimum atomic E-state index is -1.12. The summed E-state index contributed by atoms with van der Waals surface area (Å²) < 4.78 is 7.16. The summed E-state index contributed by atoms with van der Waals surface area (Å²) >= 11 is 0. The molecular weight excluding hydrogens is 496 g/mol. The van der Waals surface area contributed by atoms with E-state index in [-0.39, 0.29) is 12.2 Å². The van der Waals surface area contributed by atoms with Crippen molar-refractivity contribution in [2.45, 2.75) is 44.2 Å². The first-order chi connectivity index (χ1) is 19.2. The van der Waals surface area contributed by atoms with Gasteiger partial charge in [-0.15, -0.1) is 0 Å². The average Bonchev–Trinajstić information content (AvgIpc) is 3.33. The molecule has 5 rings (SSSR count). The highest BCUT2D eigenvalue weighted by Gasteiger charge is 2.45.